The van der Waals surface area contributed by atoms with Gasteiger partial charge in [-0.25, -0.2) is 9.97 Å². The molecule has 1 N–H and O–H groups in total. The molecule has 1 aliphatic rings. The van der Waals surface area contributed by atoms with Crippen molar-refractivity contribution in [3.63, 3.8) is 0 Å². The molecule has 6 nitrogen and oxygen atoms in total. The highest BCUT2D eigenvalue weighted by Gasteiger charge is 2.22. The van der Waals surface area contributed by atoms with E-state index in [1.54, 1.807) is 26.4 Å². The Kier molecular flexibility index (Phi) is 5.08. The summed E-state index contributed by atoms with van der Waals surface area (Å²) in [7, 11) is 3.20. The molecule has 0 saturated carbocycles. The minimum Gasteiger partial charge on any atom is -0.508 e. The second-order valence-corrected chi connectivity index (χ2v) is 6.64. The van der Waals surface area contributed by atoms with E-state index in [1.165, 1.54) is 5.56 Å². The highest BCUT2D eigenvalue weighted by atomic mass is 16.5. The van der Waals surface area contributed by atoms with Crippen molar-refractivity contribution in [2.24, 2.45) is 0 Å². The fourth-order valence-electron chi connectivity index (χ4n) is 3.15. The van der Waals surface area contributed by atoms with Crippen LogP contribution in [0.5, 0.6) is 17.2 Å². The molecule has 0 bridgehead atoms. The number of phenolic OH excluding ortho intramolecular Hbond substituents is 1. The molecule has 2 heterocycles. The Balaban J connectivity index is 1.82. The molecule has 25 heavy (non-hydrogen) atoms. The van der Waals surface area contributed by atoms with Gasteiger partial charge in [0.05, 0.1) is 19.8 Å². The van der Waals surface area contributed by atoms with Gasteiger partial charge in [0, 0.05) is 61.6 Å². The maximum Gasteiger partial charge on any atom is 0.131 e. The number of methoxy groups -OCH3 is 2. The van der Waals surface area contributed by atoms with Crippen LogP contribution in [-0.2, 0) is 19.5 Å². The molecule has 0 aliphatic carbocycles. The minimum atomic E-state index is 0.135. The first-order valence-corrected chi connectivity index (χ1v) is 8.52. The van der Waals surface area contributed by atoms with E-state index in [-0.39, 0.29) is 5.75 Å². The molecule has 0 fully saturated rings. The molecule has 6 heteroatoms. The third-order valence-corrected chi connectivity index (χ3v) is 4.52. The van der Waals surface area contributed by atoms with Crippen LogP contribution in [0.25, 0.3) is 0 Å². The second-order valence-electron chi connectivity index (χ2n) is 6.64. The Bertz CT molecular complexity index is 737. The standard InChI is InChI=1S/C19H25N3O3/c1-12(2)19-20-9-13-10-22(6-5-16(13)21-19)11-15-17(24-3)7-14(23)8-18(15)25-4/h7-9,12,23H,5-6,10-11H2,1-4H3. The number of ether oxygens (including phenoxy) is 2. The van der Waals surface area contributed by atoms with Crippen molar-refractivity contribution in [2.45, 2.75) is 39.3 Å². The molecule has 0 unspecified atom stereocenters. The van der Waals surface area contributed by atoms with Gasteiger partial charge < -0.3 is 14.6 Å². The molecule has 0 radical (unpaired) electrons. The Hall–Kier alpha value is -2.34. The van der Waals surface area contributed by atoms with Gasteiger partial charge in [0.2, 0.25) is 0 Å². The maximum absolute atomic E-state index is 9.80. The van der Waals surface area contributed by atoms with Gasteiger partial charge in [0.1, 0.15) is 23.1 Å². The third-order valence-electron chi connectivity index (χ3n) is 4.52. The Labute approximate surface area is 148 Å². The molecule has 0 amide bonds. The van der Waals surface area contributed by atoms with Crippen LogP contribution in [0.2, 0.25) is 0 Å². The molecule has 1 aliphatic heterocycles. The lowest BCUT2D eigenvalue weighted by molar-refractivity contribution is 0.234. The van der Waals surface area contributed by atoms with Crippen LogP contribution in [-0.4, -0.2) is 40.7 Å². The second kappa shape index (κ2) is 7.27. The van der Waals surface area contributed by atoms with E-state index in [2.05, 4.69) is 23.7 Å². The van der Waals surface area contributed by atoms with Crippen molar-refractivity contribution < 1.29 is 14.6 Å². The van der Waals surface area contributed by atoms with Crippen LogP contribution in [0.4, 0.5) is 0 Å². The molecular formula is C19H25N3O3. The number of phenols is 1. The summed E-state index contributed by atoms with van der Waals surface area (Å²) in [6, 6.07) is 3.24. The Morgan fingerprint density at radius 3 is 2.48 bits per heavy atom. The molecule has 3 rings (SSSR count). The van der Waals surface area contributed by atoms with Crippen molar-refractivity contribution in [2.75, 3.05) is 20.8 Å². The van der Waals surface area contributed by atoms with Crippen LogP contribution in [0.1, 0.15) is 42.4 Å². The van der Waals surface area contributed by atoms with Crippen molar-refractivity contribution in [3.8, 4) is 17.2 Å². The summed E-state index contributed by atoms with van der Waals surface area (Å²) in [5.41, 5.74) is 3.26. The van der Waals surface area contributed by atoms with Gasteiger partial charge in [-0.05, 0) is 0 Å². The highest BCUT2D eigenvalue weighted by Crippen LogP contribution is 2.35. The van der Waals surface area contributed by atoms with E-state index in [4.69, 9.17) is 14.5 Å². The van der Waals surface area contributed by atoms with Gasteiger partial charge in [-0.15, -0.1) is 0 Å². The fourth-order valence-corrected chi connectivity index (χ4v) is 3.15. The van der Waals surface area contributed by atoms with Crippen LogP contribution in [0.3, 0.4) is 0 Å². The lowest BCUT2D eigenvalue weighted by atomic mass is 10.0. The number of aromatic nitrogens is 2. The number of hydrogen-bond donors (Lipinski definition) is 1. The third kappa shape index (κ3) is 3.69. The molecule has 1 aromatic heterocycles. The zero-order valence-corrected chi connectivity index (χ0v) is 15.2. The largest absolute Gasteiger partial charge is 0.508 e. The number of aromatic hydroxyl groups is 1. The van der Waals surface area contributed by atoms with Gasteiger partial charge in [-0.2, -0.15) is 0 Å². The molecule has 134 valence electrons. The van der Waals surface area contributed by atoms with Crippen molar-refractivity contribution in [1.29, 1.82) is 0 Å². The SMILES string of the molecule is COc1cc(O)cc(OC)c1CN1CCc2nc(C(C)C)ncc2C1. The predicted octanol–water partition coefficient (Wildman–Crippen LogP) is 2.88. The smallest absolute Gasteiger partial charge is 0.131 e. The van der Waals surface area contributed by atoms with E-state index in [9.17, 15) is 5.11 Å². The van der Waals surface area contributed by atoms with E-state index in [1.807, 2.05) is 6.20 Å². The first-order chi connectivity index (χ1) is 12.0. The van der Waals surface area contributed by atoms with Crippen LogP contribution in [0, 0.1) is 0 Å². The van der Waals surface area contributed by atoms with Gasteiger partial charge >= 0.3 is 0 Å². The number of fused-ring (bicyclic) bond motifs is 1. The van der Waals surface area contributed by atoms with E-state index in [0.717, 1.165) is 36.6 Å². The highest BCUT2D eigenvalue weighted by molar-refractivity contribution is 5.50. The first kappa shape index (κ1) is 17.5. The normalized spacial score (nSPS) is 14.4. The average Bonchev–Trinajstić information content (AvgIpc) is 2.62. The Morgan fingerprint density at radius 1 is 1.20 bits per heavy atom. The zero-order chi connectivity index (χ0) is 18.0. The number of hydrogen-bond acceptors (Lipinski definition) is 6. The summed E-state index contributed by atoms with van der Waals surface area (Å²) in [6.45, 7) is 6.61. The lowest BCUT2D eigenvalue weighted by Gasteiger charge is -2.29. The molecule has 0 spiro atoms. The quantitative estimate of drug-likeness (QED) is 0.900. The van der Waals surface area contributed by atoms with Crippen LogP contribution >= 0.6 is 0 Å². The van der Waals surface area contributed by atoms with Crippen LogP contribution < -0.4 is 9.47 Å². The molecule has 2 aromatic rings. The Morgan fingerprint density at radius 2 is 1.88 bits per heavy atom. The summed E-state index contributed by atoms with van der Waals surface area (Å²) >= 11 is 0. The van der Waals surface area contributed by atoms with Crippen molar-refractivity contribution >= 4 is 0 Å². The molecule has 0 saturated heterocycles. The van der Waals surface area contributed by atoms with Gasteiger partial charge in [-0.3, -0.25) is 4.90 Å². The predicted molar refractivity (Wildman–Crippen MR) is 95.1 cm³/mol. The first-order valence-electron chi connectivity index (χ1n) is 8.52. The summed E-state index contributed by atoms with van der Waals surface area (Å²) in [6.07, 6.45) is 2.86. The fraction of sp³-hybridized carbons (Fsp3) is 0.474. The van der Waals surface area contributed by atoms with Crippen molar-refractivity contribution in [1.82, 2.24) is 14.9 Å². The van der Waals surface area contributed by atoms with Gasteiger partial charge in [0.25, 0.3) is 0 Å². The van der Waals surface area contributed by atoms with E-state index < -0.39 is 0 Å². The summed E-state index contributed by atoms with van der Waals surface area (Å²) in [5, 5.41) is 9.80. The topological polar surface area (TPSA) is 67.7 Å². The van der Waals surface area contributed by atoms with Gasteiger partial charge in [-0.1, -0.05) is 13.8 Å². The lowest BCUT2D eigenvalue weighted by Crippen LogP contribution is -2.31. The van der Waals surface area contributed by atoms with E-state index in [0.29, 0.717) is 24.0 Å². The van der Waals surface area contributed by atoms with Gasteiger partial charge in [0.15, 0.2) is 0 Å². The number of nitrogens with zero attached hydrogens (tertiary/aromatic N) is 3. The number of benzene rings is 1. The summed E-state index contributed by atoms with van der Waals surface area (Å²) in [4.78, 5) is 11.5. The van der Waals surface area contributed by atoms with Crippen molar-refractivity contribution in [3.05, 3.63) is 41.0 Å². The number of rotatable bonds is 5. The van der Waals surface area contributed by atoms with Crippen LogP contribution in [0.15, 0.2) is 18.3 Å². The van der Waals surface area contributed by atoms with E-state index >= 15 is 0 Å². The average molecular weight is 343 g/mol. The maximum atomic E-state index is 9.80. The summed E-state index contributed by atoms with van der Waals surface area (Å²) < 4.78 is 10.9. The summed E-state index contributed by atoms with van der Waals surface area (Å²) in [5.74, 6) is 2.65. The zero-order valence-electron chi connectivity index (χ0n) is 15.2. The monoisotopic (exact) mass is 343 g/mol. The minimum absolute atomic E-state index is 0.135. The molecule has 0 atom stereocenters. The molecular weight excluding hydrogens is 318 g/mol. The molecule has 1 aromatic carbocycles.